The van der Waals surface area contributed by atoms with E-state index in [-0.39, 0.29) is 5.91 Å². The van der Waals surface area contributed by atoms with Gasteiger partial charge in [0.15, 0.2) is 0 Å². The number of likely N-dealkylation sites (tertiary alicyclic amines) is 1. The first-order chi connectivity index (χ1) is 13.3. The molecule has 0 spiro atoms. The van der Waals surface area contributed by atoms with Gasteiger partial charge in [-0.15, -0.1) is 0 Å². The summed E-state index contributed by atoms with van der Waals surface area (Å²) in [6.45, 7) is 6.32. The smallest absolute Gasteiger partial charge is 0.253 e. The molecule has 2 aromatic rings. The van der Waals surface area contributed by atoms with Crippen molar-refractivity contribution in [1.29, 1.82) is 0 Å². The average molecular weight is 365 g/mol. The van der Waals surface area contributed by atoms with Crippen molar-refractivity contribution in [2.75, 3.05) is 26.2 Å². The molecule has 0 aromatic heterocycles. The van der Waals surface area contributed by atoms with Crippen LogP contribution in [0.1, 0.15) is 48.5 Å². The molecule has 1 aliphatic rings. The van der Waals surface area contributed by atoms with E-state index >= 15 is 0 Å². The van der Waals surface area contributed by atoms with Crippen molar-refractivity contribution < 1.29 is 4.79 Å². The molecule has 3 rings (SSSR count). The largest absolute Gasteiger partial charge is 0.339 e. The van der Waals surface area contributed by atoms with Crippen LogP contribution < -0.4 is 0 Å². The number of hydrogen-bond acceptors (Lipinski definition) is 2. The molecule has 1 amide bonds. The number of rotatable bonds is 8. The molecule has 3 nitrogen and oxygen atoms in total. The van der Waals surface area contributed by atoms with E-state index in [0.717, 1.165) is 51.0 Å². The number of carbonyl (C=O) groups is 1. The first-order valence-corrected chi connectivity index (χ1v) is 10.4. The highest BCUT2D eigenvalue weighted by Gasteiger charge is 2.26. The van der Waals surface area contributed by atoms with E-state index < -0.39 is 0 Å². The van der Waals surface area contributed by atoms with Gasteiger partial charge in [0, 0.05) is 24.7 Å². The lowest BCUT2D eigenvalue weighted by molar-refractivity contribution is 0.0616. The molecule has 0 atom stereocenters. The molecule has 0 bridgehead atoms. The fourth-order valence-electron chi connectivity index (χ4n) is 4.09. The molecule has 0 radical (unpaired) electrons. The summed E-state index contributed by atoms with van der Waals surface area (Å²) in [7, 11) is 0. The Bertz CT molecular complexity index is 678. The Hall–Kier alpha value is -2.13. The van der Waals surface area contributed by atoms with Gasteiger partial charge in [-0.2, -0.15) is 0 Å². The number of amides is 1. The van der Waals surface area contributed by atoms with Crippen LogP contribution in [0.4, 0.5) is 0 Å². The minimum atomic E-state index is 0.181. The molecule has 144 valence electrons. The van der Waals surface area contributed by atoms with E-state index in [1.165, 1.54) is 18.4 Å². The normalized spacial score (nSPS) is 15.3. The van der Waals surface area contributed by atoms with E-state index in [1.54, 1.807) is 0 Å². The molecule has 0 N–H and O–H groups in total. The van der Waals surface area contributed by atoms with E-state index in [2.05, 4.69) is 42.2 Å². The van der Waals surface area contributed by atoms with Gasteiger partial charge in [-0.1, -0.05) is 55.5 Å². The zero-order valence-corrected chi connectivity index (χ0v) is 16.5. The van der Waals surface area contributed by atoms with Crippen molar-refractivity contribution in [3.05, 3.63) is 71.8 Å². The molecule has 3 heteroatoms. The Morgan fingerprint density at radius 3 is 2.22 bits per heavy atom. The summed E-state index contributed by atoms with van der Waals surface area (Å²) in [5, 5.41) is 0. The average Bonchev–Trinajstić information content (AvgIpc) is 2.74. The van der Waals surface area contributed by atoms with Gasteiger partial charge in [0.05, 0.1) is 0 Å². The van der Waals surface area contributed by atoms with Crippen molar-refractivity contribution in [2.24, 2.45) is 0 Å². The second-order valence-electron chi connectivity index (χ2n) is 7.51. The number of carbonyl (C=O) groups excluding carboxylic acids is 1. The van der Waals surface area contributed by atoms with Crippen LogP contribution in [-0.2, 0) is 6.42 Å². The Morgan fingerprint density at radius 2 is 1.59 bits per heavy atom. The molecule has 1 fully saturated rings. The Labute approximate surface area is 164 Å². The quantitative estimate of drug-likeness (QED) is 0.681. The third-order valence-corrected chi connectivity index (χ3v) is 5.55. The third-order valence-electron chi connectivity index (χ3n) is 5.55. The maximum Gasteiger partial charge on any atom is 0.253 e. The minimum Gasteiger partial charge on any atom is -0.339 e. The van der Waals surface area contributed by atoms with E-state index in [4.69, 9.17) is 0 Å². The summed E-state index contributed by atoms with van der Waals surface area (Å²) in [5.41, 5.74) is 2.24. The predicted molar refractivity (Wildman–Crippen MR) is 112 cm³/mol. The topological polar surface area (TPSA) is 23.6 Å². The maximum atomic E-state index is 12.6. The molecule has 2 aromatic carbocycles. The molecule has 1 heterocycles. The number of piperidine rings is 1. The van der Waals surface area contributed by atoms with Crippen LogP contribution in [0.3, 0.4) is 0 Å². The van der Waals surface area contributed by atoms with Crippen LogP contribution in [0.15, 0.2) is 60.7 Å². The van der Waals surface area contributed by atoms with Gasteiger partial charge < -0.3 is 9.80 Å². The van der Waals surface area contributed by atoms with Crippen LogP contribution in [0, 0.1) is 0 Å². The summed E-state index contributed by atoms with van der Waals surface area (Å²) >= 11 is 0. The summed E-state index contributed by atoms with van der Waals surface area (Å²) in [6, 6.07) is 21.1. The van der Waals surface area contributed by atoms with Crippen molar-refractivity contribution in [3.63, 3.8) is 0 Å². The molecule has 27 heavy (non-hydrogen) atoms. The molecular formula is C24H32N2O. The lowest BCUT2D eigenvalue weighted by Gasteiger charge is -2.38. The van der Waals surface area contributed by atoms with Crippen molar-refractivity contribution in [1.82, 2.24) is 9.80 Å². The van der Waals surface area contributed by atoms with Gasteiger partial charge in [0.2, 0.25) is 0 Å². The molecule has 0 aliphatic carbocycles. The number of nitrogens with zero attached hydrogens (tertiary/aromatic N) is 2. The summed E-state index contributed by atoms with van der Waals surface area (Å²) in [4.78, 5) is 17.3. The van der Waals surface area contributed by atoms with Gasteiger partial charge in [-0.3, -0.25) is 4.79 Å². The molecular weight excluding hydrogens is 332 g/mol. The second kappa shape index (κ2) is 10.3. The SMILES string of the molecule is CCCN(CCCc1ccccc1)C1CCN(C(=O)c2ccccc2)CC1. The van der Waals surface area contributed by atoms with Crippen LogP contribution in [-0.4, -0.2) is 47.9 Å². The first kappa shape index (κ1) is 19.6. The highest BCUT2D eigenvalue weighted by Crippen LogP contribution is 2.19. The molecule has 1 aliphatic heterocycles. The lowest BCUT2D eigenvalue weighted by atomic mass is 10.0. The first-order valence-electron chi connectivity index (χ1n) is 10.4. The number of benzene rings is 2. The highest BCUT2D eigenvalue weighted by atomic mass is 16.2. The second-order valence-corrected chi connectivity index (χ2v) is 7.51. The van der Waals surface area contributed by atoms with Gasteiger partial charge >= 0.3 is 0 Å². The van der Waals surface area contributed by atoms with E-state index in [0.29, 0.717) is 6.04 Å². The molecule has 0 unspecified atom stereocenters. The van der Waals surface area contributed by atoms with Gasteiger partial charge in [0.25, 0.3) is 5.91 Å². The fraction of sp³-hybridized carbons (Fsp3) is 0.458. The zero-order chi connectivity index (χ0) is 18.9. The fourth-order valence-corrected chi connectivity index (χ4v) is 4.09. The standard InChI is InChI=1S/C24H32N2O/c1-2-17-25(18-9-12-21-10-5-3-6-11-21)23-15-19-26(20-16-23)24(27)22-13-7-4-8-14-22/h3-8,10-11,13-14,23H,2,9,12,15-20H2,1H3. The summed E-state index contributed by atoms with van der Waals surface area (Å²) in [5.74, 6) is 0.181. The van der Waals surface area contributed by atoms with Crippen molar-refractivity contribution in [3.8, 4) is 0 Å². The van der Waals surface area contributed by atoms with Crippen LogP contribution in [0.25, 0.3) is 0 Å². The monoisotopic (exact) mass is 364 g/mol. The van der Waals surface area contributed by atoms with Crippen LogP contribution in [0.2, 0.25) is 0 Å². The van der Waals surface area contributed by atoms with Crippen molar-refractivity contribution >= 4 is 5.91 Å². The van der Waals surface area contributed by atoms with E-state index in [1.807, 2.05) is 35.2 Å². The Morgan fingerprint density at radius 1 is 0.963 bits per heavy atom. The van der Waals surface area contributed by atoms with Crippen molar-refractivity contribution in [2.45, 2.75) is 45.1 Å². The number of hydrogen-bond donors (Lipinski definition) is 0. The van der Waals surface area contributed by atoms with Crippen LogP contribution >= 0.6 is 0 Å². The third kappa shape index (κ3) is 5.67. The van der Waals surface area contributed by atoms with E-state index in [9.17, 15) is 4.79 Å². The molecule has 1 saturated heterocycles. The Kier molecular flexibility index (Phi) is 7.46. The van der Waals surface area contributed by atoms with Gasteiger partial charge in [0.1, 0.15) is 0 Å². The Balaban J connectivity index is 1.48. The summed E-state index contributed by atoms with van der Waals surface area (Å²) < 4.78 is 0. The molecule has 0 saturated carbocycles. The number of aryl methyl sites for hydroxylation is 1. The summed E-state index contributed by atoms with van der Waals surface area (Å²) in [6.07, 6.45) is 5.71. The minimum absolute atomic E-state index is 0.181. The van der Waals surface area contributed by atoms with Gasteiger partial charge in [-0.25, -0.2) is 0 Å². The maximum absolute atomic E-state index is 12.6. The zero-order valence-electron chi connectivity index (χ0n) is 16.5. The van der Waals surface area contributed by atoms with Crippen LogP contribution in [0.5, 0.6) is 0 Å². The lowest BCUT2D eigenvalue weighted by Crippen LogP contribution is -2.47. The van der Waals surface area contributed by atoms with Gasteiger partial charge in [-0.05, 0) is 62.9 Å². The predicted octanol–water partition coefficient (Wildman–Crippen LogP) is 4.64. The highest BCUT2D eigenvalue weighted by molar-refractivity contribution is 5.94.